The summed E-state index contributed by atoms with van der Waals surface area (Å²) in [5, 5.41) is 9.60. The second-order valence-corrected chi connectivity index (χ2v) is 4.64. The van der Waals surface area contributed by atoms with E-state index >= 15 is 0 Å². The number of fused-ring (bicyclic) bond motifs is 1. The van der Waals surface area contributed by atoms with Crippen molar-refractivity contribution in [3.8, 4) is 0 Å². The number of halogens is 3. The molecule has 0 spiro atoms. The Morgan fingerprint density at radius 1 is 1.35 bits per heavy atom. The lowest BCUT2D eigenvalue weighted by Gasteiger charge is -2.18. The normalized spacial score (nSPS) is 32.7. The minimum absolute atomic E-state index is 0.00608. The number of carbonyl (C=O) groups is 1. The van der Waals surface area contributed by atoms with Crippen LogP contribution in [-0.2, 0) is 4.74 Å². The minimum atomic E-state index is -4.50. The third kappa shape index (κ3) is 2.83. The Bertz CT molecular complexity index is 308. The average molecular weight is 253 g/mol. The highest BCUT2D eigenvalue weighted by atomic mass is 19.4. The van der Waals surface area contributed by atoms with E-state index < -0.39 is 25.0 Å². The van der Waals surface area contributed by atoms with Gasteiger partial charge in [0.05, 0.1) is 6.10 Å². The molecule has 1 aliphatic carbocycles. The fourth-order valence-electron chi connectivity index (χ4n) is 2.62. The van der Waals surface area contributed by atoms with E-state index in [1.165, 1.54) is 4.90 Å². The molecule has 0 bridgehead atoms. The molecule has 98 valence electrons. The van der Waals surface area contributed by atoms with E-state index in [1.807, 2.05) is 0 Å². The molecular weight excluding hydrogens is 239 g/mol. The molecular formula is C10H14F3NO3. The lowest BCUT2D eigenvalue weighted by Crippen LogP contribution is -2.34. The zero-order valence-electron chi connectivity index (χ0n) is 9.11. The molecule has 1 heterocycles. The fourth-order valence-corrected chi connectivity index (χ4v) is 2.62. The molecule has 1 N–H and O–H groups in total. The second kappa shape index (κ2) is 4.36. The molecule has 3 atom stereocenters. The van der Waals surface area contributed by atoms with Gasteiger partial charge < -0.3 is 14.7 Å². The van der Waals surface area contributed by atoms with Crippen molar-refractivity contribution in [2.75, 3.05) is 19.7 Å². The third-order valence-corrected chi connectivity index (χ3v) is 3.44. The number of rotatable bonds is 1. The maximum Gasteiger partial charge on any atom is 0.422 e. The molecule has 1 saturated heterocycles. The molecule has 0 aromatic heterocycles. The number of alkyl halides is 3. The number of nitrogens with zero attached hydrogens (tertiary/aromatic N) is 1. The molecule has 4 nitrogen and oxygen atoms in total. The van der Waals surface area contributed by atoms with Crippen LogP contribution in [0.25, 0.3) is 0 Å². The van der Waals surface area contributed by atoms with Crippen molar-refractivity contribution in [2.45, 2.75) is 25.1 Å². The van der Waals surface area contributed by atoms with Crippen LogP contribution in [0, 0.1) is 11.8 Å². The highest BCUT2D eigenvalue weighted by Crippen LogP contribution is 2.38. The molecule has 0 aromatic carbocycles. The fraction of sp³-hybridized carbons (Fsp3) is 0.900. The quantitative estimate of drug-likeness (QED) is 0.768. The Balaban J connectivity index is 1.83. The van der Waals surface area contributed by atoms with Gasteiger partial charge in [-0.15, -0.1) is 0 Å². The van der Waals surface area contributed by atoms with Gasteiger partial charge in [0.2, 0.25) is 0 Å². The van der Waals surface area contributed by atoms with Crippen molar-refractivity contribution in [1.29, 1.82) is 0 Å². The van der Waals surface area contributed by atoms with Crippen LogP contribution in [0.15, 0.2) is 0 Å². The second-order valence-electron chi connectivity index (χ2n) is 4.64. The Morgan fingerprint density at radius 2 is 2.06 bits per heavy atom. The van der Waals surface area contributed by atoms with E-state index in [1.54, 1.807) is 0 Å². The number of carbonyl (C=O) groups excluding carboxylic acids is 1. The van der Waals surface area contributed by atoms with Gasteiger partial charge in [-0.2, -0.15) is 13.2 Å². The summed E-state index contributed by atoms with van der Waals surface area (Å²) in [6.45, 7) is -0.874. The molecule has 1 amide bonds. The van der Waals surface area contributed by atoms with Crippen LogP contribution in [-0.4, -0.2) is 48.1 Å². The van der Waals surface area contributed by atoms with Crippen LogP contribution < -0.4 is 0 Å². The molecule has 0 radical (unpaired) electrons. The van der Waals surface area contributed by atoms with E-state index in [4.69, 9.17) is 0 Å². The maximum atomic E-state index is 11.9. The van der Waals surface area contributed by atoms with E-state index in [9.17, 15) is 23.1 Å². The number of ether oxygens (including phenoxy) is 1. The van der Waals surface area contributed by atoms with Gasteiger partial charge in [-0.05, 0) is 18.8 Å². The van der Waals surface area contributed by atoms with Crippen molar-refractivity contribution < 1.29 is 27.8 Å². The van der Waals surface area contributed by atoms with Crippen LogP contribution in [0.2, 0.25) is 0 Å². The van der Waals surface area contributed by atoms with Gasteiger partial charge in [-0.3, -0.25) is 0 Å². The smallest absolute Gasteiger partial charge is 0.422 e. The minimum Gasteiger partial charge on any atom is -0.440 e. The molecule has 0 aromatic rings. The molecule has 2 fully saturated rings. The van der Waals surface area contributed by atoms with Gasteiger partial charge in [-0.25, -0.2) is 4.79 Å². The lowest BCUT2D eigenvalue weighted by molar-refractivity contribution is -0.162. The first-order valence-corrected chi connectivity index (χ1v) is 5.53. The topological polar surface area (TPSA) is 49.8 Å². The SMILES string of the molecule is O=C(OCC(F)(F)F)N1CC2CCC(O)C2C1. The highest BCUT2D eigenvalue weighted by Gasteiger charge is 2.44. The summed E-state index contributed by atoms with van der Waals surface area (Å²) in [4.78, 5) is 12.6. The monoisotopic (exact) mass is 253 g/mol. The number of hydrogen-bond acceptors (Lipinski definition) is 3. The van der Waals surface area contributed by atoms with Crippen molar-refractivity contribution in [3.05, 3.63) is 0 Å². The Kier molecular flexibility index (Phi) is 3.20. The van der Waals surface area contributed by atoms with E-state index in [-0.39, 0.29) is 11.8 Å². The Morgan fingerprint density at radius 3 is 2.65 bits per heavy atom. The third-order valence-electron chi connectivity index (χ3n) is 3.44. The average Bonchev–Trinajstić information content (AvgIpc) is 2.77. The molecule has 1 aliphatic heterocycles. The summed E-state index contributed by atoms with van der Waals surface area (Å²) >= 11 is 0. The maximum absolute atomic E-state index is 11.9. The van der Waals surface area contributed by atoms with Crippen molar-refractivity contribution >= 4 is 6.09 Å². The van der Waals surface area contributed by atoms with Crippen LogP contribution in [0.1, 0.15) is 12.8 Å². The molecule has 3 unspecified atom stereocenters. The molecule has 1 saturated carbocycles. The number of aliphatic hydroxyl groups is 1. The van der Waals surface area contributed by atoms with Gasteiger partial charge in [-0.1, -0.05) is 0 Å². The first kappa shape index (κ1) is 12.5. The molecule has 2 rings (SSSR count). The predicted molar refractivity (Wildman–Crippen MR) is 51.2 cm³/mol. The summed E-state index contributed by atoms with van der Waals surface area (Å²) in [7, 11) is 0. The van der Waals surface area contributed by atoms with Gasteiger partial charge in [0.15, 0.2) is 6.61 Å². The van der Waals surface area contributed by atoms with Crippen molar-refractivity contribution in [2.24, 2.45) is 11.8 Å². The molecule has 2 aliphatic rings. The van der Waals surface area contributed by atoms with Crippen LogP contribution in [0.5, 0.6) is 0 Å². The number of amides is 1. The van der Waals surface area contributed by atoms with Gasteiger partial charge in [0.25, 0.3) is 0 Å². The summed E-state index contributed by atoms with van der Waals surface area (Å²) in [5.41, 5.74) is 0. The summed E-state index contributed by atoms with van der Waals surface area (Å²) in [6, 6.07) is 0. The van der Waals surface area contributed by atoms with Gasteiger partial charge in [0.1, 0.15) is 0 Å². The van der Waals surface area contributed by atoms with E-state index in [2.05, 4.69) is 4.74 Å². The predicted octanol–water partition coefficient (Wildman–Crippen LogP) is 1.39. The zero-order chi connectivity index (χ0) is 12.6. The van der Waals surface area contributed by atoms with Crippen LogP contribution in [0.4, 0.5) is 18.0 Å². The first-order chi connectivity index (χ1) is 7.87. The Hall–Kier alpha value is -0.980. The highest BCUT2D eigenvalue weighted by molar-refractivity contribution is 5.68. The van der Waals surface area contributed by atoms with Crippen molar-refractivity contribution in [3.63, 3.8) is 0 Å². The lowest BCUT2D eigenvalue weighted by atomic mass is 10.00. The van der Waals surface area contributed by atoms with Crippen molar-refractivity contribution in [1.82, 2.24) is 4.90 Å². The summed E-state index contributed by atoms with van der Waals surface area (Å²) < 4.78 is 39.8. The van der Waals surface area contributed by atoms with Gasteiger partial charge >= 0.3 is 12.3 Å². The Labute approximate surface area is 96.3 Å². The van der Waals surface area contributed by atoms with Gasteiger partial charge in [0, 0.05) is 19.0 Å². The molecule has 7 heteroatoms. The standard InChI is InChI=1S/C10H14F3NO3/c11-10(12,13)5-17-9(16)14-3-6-1-2-8(15)7(6)4-14/h6-8,15H,1-5H2. The first-order valence-electron chi connectivity index (χ1n) is 5.53. The zero-order valence-corrected chi connectivity index (χ0v) is 9.11. The number of hydrogen-bond donors (Lipinski definition) is 1. The van der Waals surface area contributed by atoms with Crippen LogP contribution in [0.3, 0.4) is 0 Å². The number of likely N-dealkylation sites (tertiary alicyclic amines) is 1. The summed E-state index contributed by atoms with van der Waals surface area (Å²) in [6.07, 6.45) is -4.36. The van der Waals surface area contributed by atoms with Crippen LogP contribution >= 0.6 is 0 Å². The van der Waals surface area contributed by atoms with E-state index in [0.717, 1.165) is 6.42 Å². The number of aliphatic hydroxyl groups excluding tert-OH is 1. The largest absolute Gasteiger partial charge is 0.440 e. The summed E-state index contributed by atoms with van der Waals surface area (Å²) in [5.74, 6) is 0.192. The van der Waals surface area contributed by atoms with E-state index in [0.29, 0.717) is 19.5 Å². The molecule has 17 heavy (non-hydrogen) atoms.